The molecule has 3 nitrogen and oxygen atoms in total. The number of nitrogens with two attached hydrogens (primary N) is 1. The van der Waals surface area contributed by atoms with Crippen molar-refractivity contribution in [3.8, 4) is 0 Å². The minimum atomic E-state index is 0.649. The fourth-order valence-electron chi connectivity index (χ4n) is 1.63. The van der Waals surface area contributed by atoms with Gasteiger partial charge in [0.15, 0.2) is 0 Å². The number of nitrogens with zero attached hydrogens (tertiary/aromatic N) is 1. The van der Waals surface area contributed by atoms with Gasteiger partial charge >= 0.3 is 0 Å². The van der Waals surface area contributed by atoms with Crippen LogP contribution in [0.3, 0.4) is 0 Å². The van der Waals surface area contributed by atoms with E-state index in [4.69, 9.17) is 5.73 Å². The molecule has 72 valence electrons. The van der Waals surface area contributed by atoms with Crippen molar-refractivity contribution < 1.29 is 0 Å². The number of H-pyrrole nitrogens is 1. The van der Waals surface area contributed by atoms with Crippen LogP contribution in [0.5, 0.6) is 0 Å². The molecule has 1 aliphatic carbocycles. The minimum absolute atomic E-state index is 0.649. The van der Waals surface area contributed by atoms with Crippen molar-refractivity contribution in [2.75, 3.05) is 5.73 Å². The van der Waals surface area contributed by atoms with Crippen LogP contribution in [0.4, 0.5) is 5.69 Å². The van der Waals surface area contributed by atoms with E-state index >= 15 is 0 Å². The van der Waals surface area contributed by atoms with E-state index in [1.807, 2.05) is 12.1 Å². The van der Waals surface area contributed by atoms with Crippen LogP contribution in [0.15, 0.2) is 16.6 Å². The van der Waals surface area contributed by atoms with Gasteiger partial charge in [0.05, 0.1) is 9.99 Å². The Balaban J connectivity index is 2.26. The first-order chi connectivity index (χ1) is 6.75. The lowest BCUT2D eigenvalue weighted by molar-refractivity contribution is 0.986. The van der Waals surface area contributed by atoms with Crippen LogP contribution < -0.4 is 5.73 Å². The van der Waals surface area contributed by atoms with Crippen LogP contribution >= 0.6 is 15.9 Å². The first kappa shape index (κ1) is 8.29. The Morgan fingerprint density at radius 2 is 2.21 bits per heavy atom. The predicted molar refractivity (Wildman–Crippen MR) is 60.2 cm³/mol. The summed E-state index contributed by atoms with van der Waals surface area (Å²) in [6.45, 7) is 0. The van der Waals surface area contributed by atoms with Crippen molar-refractivity contribution in [1.29, 1.82) is 0 Å². The molecule has 2 aromatic rings. The minimum Gasteiger partial charge on any atom is -0.398 e. The van der Waals surface area contributed by atoms with Crippen molar-refractivity contribution in [2.24, 2.45) is 0 Å². The Bertz CT molecular complexity index is 499. The summed E-state index contributed by atoms with van der Waals surface area (Å²) in [6.07, 6.45) is 2.51. The van der Waals surface area contributed by atoms with Crippen molar-refractivity contribution in [3.05, 3.63) is 22.4 Å². The fraction of sp³-hybridized carbons (Fsp3) is 0.300. The molecular weight excluding hydrogens is 242 g/mol. The summed E-state index contributed by atoms with van der Waals surface area (Å²) in [5, 5.41) is 0. The van der Waals surface area contributed by atoms with Gasteiger partial charge in [-0.1, -0.05) is 0 Å². The molecule has 1 saturated carbocycles. The van der Waals surface area contributed by atoms with Gasteiger partial charge in [-0.15, -0.1) is 0 Å². The molecule has 0 bridgehead atoms. The van der Waals surface area contributed by atoms with Gasteiger partial charge in [0.2, 0.25) is 0 Å². The topological polar surface area (TPSA) is 54.7 Å². The zero-order valence-electron chi connectivity index (χ0n) is 7.55. The van der Waals surface area contributed by atoms with Gasteiger partial charge < -0.3 is 10.7 Å². The molecule has 3 rings (SSSR count). The first-order valence-electron chi connectivity index (χ1n) is 4.69. The van der Waals surface area contributed by atoms with Gasteiger partial charge in [-0.05, 0) is 40.9 Å². The van der Waals surface area contributed by atoms with E-state index in [-0.39, 0.29) is 0 Å². The molecule has 0 aliphatic heterocycles. The average molecular weight is 252 g/mol. The predicted octanol–water partition coefficient (Wildman–Crippen LogP) is 2.79. The molecule has 1 heterocycles. The standard InChI is InChI=1S/C10H10BrN3/c11-8-6(12)3-4-7-9(8)14-10(13-7)5-1-2-5/h3-5H,1-2,12H2,(H,13,14). The highest BCUT2D eigenvalue weighted by molar-refractivity contribution is 9.10. The van der Waals surface area contributed by atoms with Gasteiger partial charge in [-0.2, -0.15) is 0 Å². The lowest BCUT2D eigenvalue weighted by Crippen LogP contribution is -1.86. The second-order valence-electron chi connectivity index (χ2n) is 3.76. The van der Waals surface area contributed by atoms with Crippen molar-refractivity contribution in [2.45, 2.75) is 18.8 Å². The number of nitrogens with one attached hydrogen (secondary N) is 1. The van der Waals surface area contributed by atoms with Gasteiger partial charge in [0.25, 0.3) is 0 Å². The van der Waals surface area contributed by atoms with Crippen molar-refractivity contribution in [1.82, 2.24) is 9.97 Å². The second kappa shape index (κ2) is 2.73. The summed E-state index contributed by atoms with van der Waals surface area (Å²) in [6, 6.07) is 3.87. The summed E-state index contributed by atoms with van der Waals surface area (Å²) in [5.41, 5.74) is 8.54. The van der Waals surface area contributed by atoms with Crippen molar-refractivity contribution in [3.63, 3.8) is 0 Å². The van der Waals surface area contributed by atoms with Gasteiger partial charge in [-0.25, -0.2) is 4.98 Å². The van der Waals surface area contributed by atoms with Crippen LogP contribution in [0.2, 0.25) is 0 Å². The summed E-state index contributed by atoms with van der Waals surface area (Å²) >= 11 is 3.46. The van der Waals surface area contributed by atoms with E-state index in [1.165, 1.54) is 12.8 Å². The molecule has 14 heavy (non-hydrogen) atoms. The fourth-order valence-corrected chi connectivity index (χ4v) is 2.06. The lowest BCUT2D eigenvalue weighted by Gasteiger charge is -1.96. The smallest absolute Gasteiger partial charge is 0.110 e. The van der Waals surface area contributed by atoms with Crippen molar-refractivity contribution >= 4 is 32.7 Å². The van der Waals surface area contributed by atoms with Crippen LogP contribution in [0.25, 0.3) is 11.0 Å². The molecule has 0 spiro atoms. The quantitative estimate of drug-likeness (QED) is 0.766. The largest absolute Gasteiger partial charge is 0.398 e. The maximum absolute atomic E-state index is 5.79. The maximum atomic E-state index is 5.79. The second-order valence-corrected chi connectivity index (χ2v) is 4.55. The third-order valence-corrected chi connectivity index (χ3v) is 3.44. The summed E-state index contributed by atoms with van der Waals surface area (Å²) in [7, 11) is 0. The van der Waals surface area contributed by atoms with Gasteiger partial charge in [0, 0.05) is 11.6 Å². The molecule has 4 heteroatoms. The highest BCUT2D eigenvalue weighted by Crippen LogP contribution is 2.40. The normalized spacial score (nSPS) is 16.4. The number of benzene rings is 1. The summed E-state index contributed by atoms with van der Waals surface area (Å²) in [4.78, 5) is 7.88. The van der Waals surface area contributed by atoms with E-state index in [0.29, 0.717) is 5.92 Å². The highest BCUT2D eigenvalue weighted by Gasteiger charge is 2.27. The van der Waals surface area contributed by atoms with E-state index in [0.717, 1.165) is 27.0 Å². The molecule has 1 aromatic heterocycles. The number of aromatic nitrogens is 2. The molecule has 0 unspecified atom stereocenters. The monoisotopic (exact) mass is 251 g/mol. The van der Waals surface area contributed by atoms with Crippen LogP contribution in [0, 0.1) is 0 Å². The molecule has 1 aromatic carbocycles. The SMILES string of the molecule is Nc1ccc2[nH]c(C3CC3)nc2c1Br. The maximum Gasteiger partial charge on any atom is 0.110 e. The number of aromatic amines is 1. The number of fused-ring (bicyclic) bond motifs is 1. The summed E-state index contributed by atoms with van der Waals surface area (Å²) < 4.78 is 0.901. The Labute approximate surface area is 89.8 Å². The van der Waals surface area contributed by atoms with Crippen LogP contribution in [-0.2, 0) is 0 Å². The van der Waals surface area contributed by atoms with E-state index in [1.54, 1.807) is 0 Å². The highest BCUT2D eigenvalue weighted by atomic mass is 79.9. The number of halogens is 1. The first-order valence-corrected chi connectivity index (χ1v) is 5.48. The number of anilines is 1. The molecule has 0 atom stereocenters. The Kier molecular flexibility index (Phi) is 1.62. The number of hydrogen-bond donors (Lipinski definition) is 2. The molecule has 0 amide bonds. The van der Waals surface area contributed by atoms with Crippen LogP contribution in [0.1, 0.15) is 24.6 Å². The zero-order chi connectivity index (χ0) is 9.71. The molecular formula is C10H10BrN3. The van der Waals surface area contributed by atoms with E-state index < -0.39 is 0 Å². The number of rotatable bonds is 1. The third kappa shape index (κ3) is 1.14. The molecule has 0 saturated heterocycles. The number of nitrogen functional groups attached to an aromatic ring is 1. The Hall–Kier alpha value is -1.03. The van der Waals surface area contributed by atoms with Crippen LogP contribution in [-0.4, -0.2) is 9.97 Å². The number of hydrogen-bond acceptors (Lipinski definition) is 2. The van der Waals surface area contributed by atoms with E-state index in [2.05, 4.69) is 25.9 Å². The molecule has 3 N–H and O–H groups in total. The average Bonchev–Trinajstić information content (AvgIpc) is 2.93. The van der Waals surface area contributed by atoms with Gasteiger partial charge in [-0.3, -0.25) is 0 Å². The molecule has 1 aliphatic rings. The van der Waals surface area contributed by atoms with Gasteiger partial charge in [0.1, 0.15) is 11.3 Å². The number of imidazole rings is 1. The molecule has 0 radical (unpaired) electrons. The van der Waals surface area contributed by atoms with E-state index in [9.17, 15) is 0 Å². The Morgan fingerprint density at radius 3 is 2.93 bits per heavy atom. The molecule has 1 fully saturated rings. The Morgan fingerprint density at radius 1 is 1.43 bits per heavy atom. The summed E-state index contributed by atoms with van der Waals surface area (Å²) in [5.74, 6) is 1.75. The lowest BCUT2D eigenvalue weighted by atomic mass is 10.3. The zero-order valence-corrected chi connectivity index (χ0v) is 9.13. The third-order valence-electron chi connectivity index (χ3n) is 2.61.